The first kappa shape index (κ1) is 15.2. The summed E-state index contributed by atoms with van der Waals surface area (Å²) >= 11 is 1.64. The van der Waals surface area contributed by atoms with Crippen molar-refractivity contribution in [3.05, 3.63) is 64.5 Å². The van der Waals surface area contributed by atoms with E-state index in [1.807, 2.05) is 36.4 Å². The summed E-state index contributed by atoms with van der Waals surface area (Å²) in [5.41, 5.74) is 9.42. The Morgan fingerprint density at radius 2 is 1.83 bits per heavy atom. The van der Waals surface area contributed by atoms with Gasteiger partial charge in [-0.1, -0.05) is 30.3 Å². The van der Waals surface area contributed by atoms with Crippen molar-refractivity contribution in [2.45, 2.75) is 12.5 Å². The summed E-state index contributed by atoms with van der Waals surface area (Å²) in [6.45, 7) is 1.19. The molecule has 0 aliphatic carbocycles. The molecule has 0 saturated carbocycles. The van der Waals surface area contributed by atoms with Crippen molar-refractivity contribution in [2.24, 2.45) is 5.73 Å². The molecule has 0 amide bonds. The predicted octanol–water partition coefficient (Wildman–Crippen LogP) is 3.82. The standard InChI is InChI=1S/C19H18N2O2S/c20-15(13-4-2-1-3-5-13)11-19-21-16(12-24-19)14-6-7-17-18(10-14)23-9-8-22-17/h1-7,10,12,15H,8-9,11,20H2. The van der Waals surface area contributed by atoms with Gasteiger partial charge in [0, 0.05) is 23.4 Å². The van der Waals surface area contributed by atoms with Gasteiger partial charge in [-0.15, -0.1) is 11.3 Å². The van der Waals surface area contributed by atoms with Crippen LogP contribution in [0.1, 0.15) is 16.6 Å². The molecule has 2 aromatic carbocycles. The van der Waals surface area contributed by atoms with E-state index in [1.165, 1.54) is 0 Å². The Morgan fingerprint density at radius 3 is 2.67 bits per heavy atom. The molecule has 0 fully saturated rings. The SMILES string of the molecule is NC(Cc1nc(-c2ccc3c(c2)OCCO3)cs1)c1ccccc1. The molecule has 1 aliphatic heterocycles. The van der Waals surface area contributed by atoms with Crippen LogP contribution < -0.4 is 15.2 Å². The Balaban J connectivity index is 1.52. The van der Waals surface area contributed by atoms with Gasteiger partial charge in [0.1, 0.15) is 13.2 Å². The Hall–Kier alpha value is -2.37. The lowest BCUT2D eigenvalue weighted by Crippen LogP contribution is -2.15. The van der Waals surface area contributed by atoms with Crippen molar-refractivity contribution in [1.82, 2.24) is 4.98 Å². The molecular weight excluding hydrogens is 320 g/mol. The van der Waals surface area contributed by atoms with Crippen molar-refractivity contribution in [3.63, 3.8) is 0 Å². The maximum Gasteiger partial charge on any atom is 0.162 e. The quantitative estimate of drug-likeness (QED) is 0.785. The first-order valence-electron chi connectivity index (χ1n) is 7.94. The lowest BCUT2D eigenvalue weighted by Gasteiger charge is -2.18. The van der Waals surface area contributed by atoms with Crippen molar-refractivity contribution in [1.29, 1.82) is 0 Å². The van der Waals surface area contributed by atoms with Crippen LogP contribution in [0, 0.1) is 0 Å². The van der Waals surface area contributed by atoms with Gasteiger partial charge in [-0.25, -0.2) is 4.98 Å². The summed E-state index contributed by atoms with van der Waals surface area (Å²) in [6, 6.07) is 16.0. The highest BCUT2D eigenvalue weighted by Gasteiger charge is 2.15. The van der Waals surface area contributed by atoms with Crippen LogP contribution in [0.25, 0.3) is 11.3 Å². The van der Waals surface area contributed by atoms with Gasteiger partial charge in [0.2, 0.25) is 0 Å². The molecule has 4 rings (SSSR count). The molecule has 0 bridgehead atoms. The predicted molar refractivity (Wildman–Crippen MR) is 95.6 cm³/mol. The minimum absolute atomic E-state index is 0.0366. The number of hydrogen-bond donors (Lipinski definition) is 1. The van der Waals surface area contributed by atoms with E-state index in [0.29, 0.717) is 13.2 Å². The van der Waals surface area contributed by atoms with Crippen LogP contribution in [0.5, 0.6) is 11.5 Å². The second-order valence-electron chi connectivity index (χ2n) is 5.71. The van der Waals surface area contributed by atoms with Crippen molar-refractivity contribution < 1.29 is 9.47 Å². The van der Waals surface area contributed by atoms with E-state index in [0.717, 1.165) is 39.7 Å². The summed E-state index contributed by atoms with van der Waals surface area (Å²) in [5, 5.41) is 3.11. The Morgan fingerprint density at radius 1 is 1.04 bits per heavy atom. The van der Waals surface area contributed by atoms with E-state index in [2.05, 4.69) is 17.5 Å². The zero-order chi connectivity index (χ0) is 16.4. The molecule has 122 valence electrons. The first-order valence-corrected chi connectivity index (χ1v) is 8.82. The van der Waals surface area contributed by atoms with Gasteiger partial charge in [-0.05, 0) is 23.8 Å². The van der Waals surface area contributed by atoms with Gasteiger partial charge >= 0.3 is 0 Å². The van der Waals surface area contributed by atoms with Crippen LogP contribution >= 0.6 is 11.3 Å². The molecule has 24 heavy (non-hydrogen) atoms. The number of thiazole rings is 1. The fourth-order valence-electron chi connectivity index (χ4n) is 2.75. The number of nitrogens with two attached hydrogens (primary N) is 1. The Labute approximate surface area is 144 Å². The summed E-state index contributed by atoms with van der Waals surface area (Å²) in [7, 11) is 0. The molecule has 0 saturated heterocycles. The number of nitrogens with zero attached hydrogens (tertiary/aromatic N) is 1. The van der Waals surface area contributed by atoms with Crippen LogP contribution in [-0.2, 0) is 6.42 Å². The van der Waals surface area contributed by atoms with Crippen LogP contribution in [0.2, 0.25) is 0 Å². The third kappa shape index (κ3) is 3.13. The van der Waals surface area contributed by atoms with Crippen LogP contribution in [0.15, 0.2) is 53.9 Å². The van der Waals surface area contributed by atoms with E-state index in [9.17, 15) is 0 Å². The fraction of sp³-hybridized carbons (Fsp3) is 0.211. The molecular formula is C19H18N2O2S. The molecule has 0 radical (unpaired) electrons. The normalized spacial score (nSPS) is 14.4. The van der Waals surface area contributed by atoms with E-state index in [1.54, 1.807) is 11.3 Å². The molecule has 2 heterocycles. The number of hydrogen-bond acceptors (Lipinski definition) is 5. The summed E-state index contributed by atoms with van der Waals surface area (Å²) in [5.74, 6) is 1.58. The van der Waals surface area contributed by atoms with Gasteiger partial charge in [0.05, 0.1) is 10.7 Å². The number of rotatable bonds is 4. The average Bonchev–Trinajstić information content (AvgIpc) is 3.10. The molecule has 1 atom stereocenters. The van der Waals surface area contributed by atoms with Gasteiger partial charge in [-0.2, -0.15) is 0 Å². The lowest BCUT2D eigenvalue weighted by atomic mass is 10.1. The molecule has 5 heteroatoms. The van der Waals surface area contributed by atoms with Crippen LogP contribution in [0.4, 0.5) is 0 Å². The Kier molecular flexibility index (Phi) is 4.19. The smallest absolute Gasteiger partial charge is 0.162 e. The number of benzene rings is 2. The maximum atomic E-state index is 6.30. The summed E-state index contributed by atoms with van der Waals surface area (Å²) in [4.78, 5) is 4.74. The average molecular weight is 338 g/mol. The monoisotopic (exact) mass is 338 g/mol. The zero-order valence-electron chi connectivity index (χ0n) is 13.1. The lowest BCUT2D eigenvalue weighted by molar-refractivity contribution is 0.171. The molecule has 4 nitrogen and oxygen atoms in total. The highest BCUT2D eigenvalue weighted by Crippen LogP contribution is 2.35. The number of ether oxygens (including phenoxy) is 2. The summed E-state index contributed by atoms with van der Waals surface area (Å²) in [6.07, 6.45) is 0.735. The minimum atomic E-state index is -0.0366. The largest absolute Gasteiger partial charge is 0.486 e. The molecule has 2 N–H and O–H groups in total. The second kappa shape index (κ2) is 6.63. The van der Waals surface area contributed by atoms with Gasteiger partial charge < -0.3 is 15.2 Å². The van der Waals surface area contributed by atoms with E-state index < -0.39 is 0 Å². The molecule has 1 unspecified atom stereocenters. The van der Waals surface area contributed by atoms with Crippen molar-refractivity contribution in [3.8, 4) is 22.8 Å². The number of aromatic nitrogens is 1. The maximum absolute atomic E-state index is 6.30. The van der Waals surface area contributed by atoms with Gasteiger partial charge in [-0.3, -0.25) is 0 Å². The highest BCUT2D eigenvalue weighted by atomic mass is 32.1. The van der Waals surface area contributed by atoms with E-state index >= 15 is 0 Å². The molecule has 1 aliphatic rings. The third-order valence-electron chi connectivity index (χ3n) is 4.01. The van der Waals surface area contributed by atoms with E-state index in [4.69, 9.17) is 20.2 Å². The minimum Gasteiger partial charge on any atom is -0.486 e. The second-order valence-corrected chi connectivity index (χ2v) is 6.65. The van der Waals surface area contributed by atoms with Crippen LogP contribution in [-0.4, -0.2) is 18.2 Å². The van der Waals surface area contributed by atoms with Crippen LogP contribution in [0.3, 0.4) is 0 Å². The fourth-order valence-corrected chi connectivity index (χ4v) is 3.61. The Bertz CT molecular complexity index is 832. The topological polar surface area (TPSA) is 57.4 Å². The van der Waals surface area contributed by atoms with E-state index in [-0.39, 0.29) is 6.04 Å². The molecule has 0 spiro atoms. The third-order valence-corrected chi connectivity index (χ3v) is 4.88. The van der Waals surface area contributed by atoms with Crippen molar-refractivity contribution in [2.75, 3.05) is 13.2 Å². The van der Waals surface area contributed by atoms with Gasteiger partial charge in [0.15, 0.2) is 11.5 Å². The molecule has 3 aromatic rings. The zero-order valence-corrected chi connectivity index (χ0v) is 14.0. The number of fused-ring (bicyclic) bond motifs is 1. The van der Waals surface area contributed by atoms with Crippen molar-refractivity contribution >= 4 is 11.3 Å². The highest BCUT2D eigenvalue weighted by molar-refractivity contribution is 7.09. The summed E-state index contributed by atoms with van der Waals surface area (Å²) < 4.78 is 11.2. The first-order chi connectivity index (χ1) is 11.8. The molecule has 1 aromatic heterocycles. The van der Waals surface area contributed by atoms with Gasteiger partial charge in [0.25, 0.3) is 0 Å².